The summed E-state index contributed by atoms with van der Waals surface area (Å²) in [6.07, 6.45) is 1.56. The summed E-state index contributed by atoms with van der Waals surface area (Å²) in [6, 6.07) is 0.406. The molecule has 0 radical (unpaired) electrons. The summed E-state index contributed by atoms with van der Waals surface area (Å²) in [4.78, 5) is 16.7. The van der Waals surface area contributed by atoms with Crippen molar-refractivity contribution in [2.45, 2.75) is 26.4 Å². The molecule has 6 heteroatoms. The molecular weight excluding hydrogens is 242 g/mol. The van der Waals surface area contributed by atoms with Gasteiger partial charge in [0.1, 0.15) is 5.69 Å². The number of nitrogen functional groups attached to an aromatic ring is 1. The van der Waals surface area contributed by atoms with Crippen molar-refractivity contribution in [3.05, 3.63) is 11.9 Å². The first-order valence-electron chi connectivity index (χ1n) is 6.72. The Morgan fingerprint density at radius 1 is 1.53 bits per heavy atom. The largest absolute Gasteiger partial charge is 0.396 e. The maximum Gasteiger partial charge on any atom is 0.274 e. The lowest BCUT2D eigenvalue weighted by Gasteiger charge is -2.22. The van der Waals surface area contributed by atoms with Gasteiger partial charge in [-0.1, -0.05) is 6.92 Å². The predicted octanol–water partition coefficient (Wildman–Crippen LogP) is 0.507. The fourth-order valence-corrected chi connectivity index (χ4v) is 2.81. The van der Waals surface area contributed by atoms with Gasteiger partial charge >= 0.3 is 0 Å². The Labute approximate surface area is 114 Å². The summed E-state index contributed by atoms with van der Waals surface area (Å²) >= 11 is 0. The Hall–Kier alpha value is -1.56. The Balaban J connectivity index is 2.19. The standard InChI is InChI=1S/C13H23N5O/c1-5-18-12(10(14)6-15-18)13(19)17-7-9(2)11(8-17)16(3)4/h6,9,11H,5,7-8,14H2,1-4H3. The van der Waals surface area contributed by atoms with Crippen LogP contribution in [0.5, 0.6) is 0 Å². The average Bonchev–Trinajstić information content (AvgIpc) is 2.91. The molecule has 1 aromatic heterocycles. The smallest absolute Gasteiger partial charge is 0.274 e. The number of aromatic nitrogens is 2. The number of amides is 1. The molecule has 2 atom stereocenters. The number of carbonyl (C=O) groups is 1. The molecule has 2 N–H and O–H groups in total. The number of rotatable bonds is 3. The Kier molecular flexibility index (Phi) is 3.80. The van der Waals surface area contributed by atoms with Crippen LogP contribution < -0.4 is 5.73 Å². The molecule has 2 rings (SSSR count). The van der Waals surface area contributed by atoms with Crippen LogP contribution in [0.4, 0.5) is 5.69 Å². The van der Waals surface area contributed by atoms with Gasteiger partial charge < -0.3 is 15.5 Å². The minimum absolute atomic E-state index is 0.00644. The van der Waals surface area contributed by atoms with Gasteiger partial charge in [-0.2, -0.15) is 5.10 Å². The minimum Gasteiger partial charge on any atom is -0.396 e. The van der Waals surface area contributed by atoms with Crippen LogP contribution in [0.15, 0.2) is 6.20 Å². The van der Waals surface area contributed by atoms with E-state index in [1.165, 1.54) is 0 Å². The first-order chi connectivity index (χ1) is 8.95. The van der Waals surface area contributed by atoms with Crippen LogP contribution in [0.25, 0.3) is 0 Å². The lowest BCUT2D eigenvalue weighted by Crippen LogP contribution is -2.36. The SMILES string of the molecule is CCn1ncc(N)c1C(=O)N1CC(C)C(N(C)C)C1. The van der Waals surface area contributed by atoms with Gasteiger partial charge in [0.05, 0.1) is 11.9 Å². The molecular formula is C13H23N5O. The molecule has 1 aliphatic rings. The van der Waals surface area contributed by atoms with Gasteiger partial charge in [0.2, 0.25) is 0 Å². The van der Waals surface area contributed by atoms with Gasteiger partial charge in [-0.15, -0.1) is 0 Å². The zero-order valence-electron chi connectivity index (χ0n) is 12.1. The van der Waals surface area contributed by atoms with Gasteiger partial charge in [0.15, 0.2) is 0 Å². The number of nitrogens with two attached hydrogens (primary N) is 1. The van der Waals surface area contributed by atoms with E-state index in [1.807, 2.05) is 11.8 Å². The van der Waals surface area contributed by atoms with Gasteiger partial charge in [0.25, 0.3) is 5.91 Å². The zero-order valence-corrected chi connectivity index (χ0v) is 12.1. The van der Waals surface area contributed by atoms with Gasteiger partial charge in [0, 0.05) is 25.7 Å². The molecule has 1 aromatic rings. The highest BCUT2D eigenvalue weighted by Crippen LogP contribution is 2.23. The Morgan fingerprint density at radius 3 is 2.74 bits per heavy atom. The predicted molar refractivity (Wildman–Crippen MR) is 74.9 cm³/mol. The highest BCUT2D eigenvalue weighted by atomic mass is 16.2. The van der Waals surface area contributed by atoms with E-state index in [2.05, 4.69) is 31.0 Å². The molecule has 2 heterocycles. The summed E-state index contributed by atoms with van der Waals surface area (Å²) in [5.74, 6) is 0.464. The second-order valence-corrected chi connectivity index (χ2v) is 5.48. The zero-order chi connectivity index (χ0) is 14.2. The number of likely N-dealkylation sites (tertiary alicyclic amines) is 1. The molecule has 0 saturated carbocycles. The van der Waals surface area contributed by atoms with E-state index < -0.39 is 0 Å². The van der Waals surface area contributed by atoms with Crippen LogP contribution in [0, 0.1) is 5.92 Å². The van der Waals surface area contributed by atoms with Crippen LogP contribution in [0.3, 0.4) is 0 Å². The van der Waals surface area contributed by atoms with Crippen LogP contribution in [-0.4, -0.2) is 58.7 Å². The molecule has 106 valence electrons. The molecule has 2 unspecified atom stereocenters. The Morgan fingerprint density at radius 2 is 2.21 bits per heavy atom. The van der Waals surface area contributed by atoms with E-state index in [0.29, 0.717) is 29.9 Å². The van der Waals surface area contributed by atoms with Crippen LogP contribution in [-0.2, 0) is 6.54 Å². The van der Waals surface area contributed by atoms with Crippen molar-refractivity contribution < 1.29 is 4.79 Å². The molecule has 6 nitrogen and oxygen atoms in total. The monoisotopic (exact) mass is 265 g/mol. The minimum atomic E-state index is -0.00644. The molecule has 0 bridgehead atoms. The van der Waals surface area contributed by atoms with E-state index >= 15 is 0 Å². The highest BCUT2D eigenvalue weighted by molar-refractivity contribution is 5.97. The van der Waals surface area contributed by atoms with Crippen molar-refractivity contribution in [3.63, 3.8) is 0 Å². The molecule has 19 heavy (non-hydrogen) atoms. The summed E-state index contributed by atoms with van der Waals surface area (Å²) in [5.41, 5.74) is 6.86. The summed E-state index contributed by atoms with van der Waals surface area (Å²) in [7, 11) is 4.11. The lowest BCUT2D eigenvalue weighted by molar-refractivity contribution is 0.0770. The lowest BCUT2D eigenvalue weighted by atomic mass is 10.1. The fraction of sp³-hybridized carbons (Fsp3) is 0.692. The molecule has 1 fully saturated rings. The van der Waals surface area contributed by atoms with Gasteiger partial charge in [-0.05, 0) is 26.9 Å². The molecule has 0 spiro atoms. The summed E-state index contributed by atoms with van der Waals surface area (Å²) in [5, 5.41) is 4.13. The number of carbonyl (C=O) groups excluding carboxylic acids is 1. The van der Waals surface area contributed by atoms with E-state index in [1.54, 1.807) is 10.9 Å². The fourth-order valence-electron chi connectivity index (χ4n) is 2.81. The van der Waals surface area contributed by atoms with Gasteiger partial charge in [-0.25, -0.2) is 0 Å². The summed E-state index contributed by atoms with van der Waals surface area (Å²) < 4.78 is 1.67. The highest BCUT2D eigenvalue weighted by Gasteiger charge is 2.35. The van der Waals surface area contributed by atoms with Crippen molar-refractivity contribution in [2.75, 3.05) is 32.9 Å². The number of aryl methyl sites for hydroxylation is 1. The number of likely N-dealkylation sites (N-methyl/N-ethyl adjacent to an activating group) is 1. The topological polar surface area (TPSA) is 67.4 Å². The maximum atomic E-state index is 12.6. The van der Waals surface area contributed by atoms with E-state index in [0.717, 1.165) is 13.1 Å². The first kappa shape index (κ1) is 13.9. The molecule has 1 saturated heterocycles. The van der Waals surface area contributed by atoms with Crippen molar-refractivity contribution in [1.82, 2.24) is 19.6 Å². The first-order valence-corrected chi connectivity index (χ1v) is 6.72. The third-order valence-electron chi connectivity index (χ3n) is 3.89. The van der Waals surface area contributed by atoms with Crippen molar-refractivity contribution in [3.8, 4) is 0 Å². The molecule has 1 amide bonds. The molecule has 1 aliphatic heterocycles. The van der Waals surface area contributed by atoms with Crippen LogP contribution in [0.2, 0.25) is 0 Å². The maximum absolute atomic E-state index is 12.6. The van der Waals surface area contributed by atoms with Gasteiger partial charge in [-0.3, -0.25) is 9.48 Å². The number of anilines is 1. The van der Waals surface area contributed by atoms with E-state index in [9.17, 15) is 4.79 Å². The second kappa shape index (κ2) is 5.21. The van der Waals surface area contributed by atoms with Crippen LogP contribution >= 0.6 is 0 Å². The molecule has 0 aliphatic carbocycles. The second-order valence-electron chi connectivity index (χ2n) is 5.48. The quantitative estimate of drug-likeness (QED) is 0.864. The number of hydrogen-bond acceptors (Lipinski definition) is 4. The summed E-state index contributed by atoms with van der Waals surface area (Å²) in [6.45, 7) is 6.31. The number of nitrogens with zero attached hydrogens (tertiary/aromatic N) is 4. The van der Waals surface area contributed by atoms with E-state index in [4.69, 9.17) is 5.73 Å². The van der Waals surface area contributed by atoms with Crippen molar-refractivity contribution in [2.24, 2.45) is 5.92 Å². The van der Waals surface area contributed by atoms with Crippen molar-refractivity contribution in [1.29, 1.82) is 0 Å². The third-order valence-corrected chi connectivity index (χ3v) is 3.89. The third kappa shape index (κ3) is 2.45. The van der Waals surface area contributed by atoms with Crippen molar-refractivity contribution >= 4 is 11.6 Å². The van der Waals surface area contributed by atoms with E-state index in [-0.39, 0.29) is 5.91 Å². The normalized spacial score (nSPS) is 23.3. The number of hydrogen-bond donors (Lipinski definition) is 1. The van der Waals surface area contributed by atoms with Crippen LogP contribution in [0.1, 0.15) is 24.3 Å². The average molecular weight is 265 g/mol. The molecule has 0 aromatic carbocycles. The Bertz CT molecular complexity index is 468.